The Balaban J connectivity index is 1.73. The molecule has 1 aliphatic heterocycles. The minimum atomic E-state index is -0.602. The van der Waals surface area contributed by atoms with Gasteiger partial charge in [-0.25, -0.2) is 0 Å². The van der Waals surface area contributed by atoms with E-state index < -0.39 is 6.10 Å². The van der Waals surface area contributed by atoms with Crippen molar-refractivity contribution in [1.82, 2.24) is 5.32 Å². The fourth-order valence-corrected chi connectivity index (χ4v) is 2.59. The molecule has 1 aromatic carbocycles. The maximum absolute atomic E-state index is 9.91. The second kappa shape index (κ2) is 7.48. The van der Waals surface area contributed by atoms with E-state index in [1.165, 1.54) is 0 Å². The first-order valence-corrected chi connectivity index (χ1v) is 7.42. The SMILES string of the molecule is CC1OCCC1NCC(O)COc1ccc(Cl)cc1Cl. The standard InChI is InChI=1S/C14H19Cl2NO3/c1-9-13(4-5-19-9)17-7-11(18)8-20-14-3-2-10(15)6-12(14)16/h2-3,6,9,11,13,17-18H,4-5,7-8H2,1H3. The number of ether oxygens (including phenoxy) is 2. The van der Waals surface area contributed by atoms with Crippen molar-refractivity contribution in [2.75, 3.05) is 19.8 Å². The quantitative estimate of drug-likeness (QED) is 0.846. The van der Waals surface area contributed by atoms with Gasteiger partial charge in [-0.3, -0.25) is 0 Å². The van der Waals surface area contributed by atoms with Crippen molar-refractivity contribution in [3.8, 4) is 5.75 Å². The van der Waals surface area contributed by atoms with Crippen LogP contribution in [0.4, 0.5) is 0 Å². The fourth-order valence-electron chi connectivity index (χ4n) is 2.12. The van der Waals surface area contributed by atoms with E-state index in [2.05, 4.69) is 5.32 Å². The summed E-state index contributed by atoms with van der Waals surface area (Å²) in [7, 11) is 0. The molecular weight excluding hydrogens is 301 g/mol. The molecule has 1 aromatic rings. The van der Waals surface area contributed by atoms with Crippen LogP contribution >= 0.6 is 23.2 Å². The third-order valence-electron chi connectivity index (χ3n) is 3.32. The molecule has 2 N–H and O–H groups in total. The molecule has 4 nitrogen and oxygen atoms in total. The Morgan fingerprint density at radius 3 is 2.95 bits per heavy atom. The summed E-state index contributed by atoms with van der Waals surface area (Å²) in [5.41, 5.74) is 0. The normalized spacial score (nSPS) is 23.8. The molecule has 3 unspecified atom stereocenters. The summed E-state index contributed by atoms with van der Waals surface area (Å²) < 4.78 is 10.9. The number of nitrogens with one attached hydrogen (secondary N) is 1. The number of benzene rings is 1. The Bertz CT molecular complexity index is 444. The van der Waals surface area contributed by atoms with Crippen molar-refractivity contribution in [2.45, 2.75) is 31.6 Å². The van der Waals surface area contributed by atoms with Crippen LogP contribution in [-0.4, -0.2) is 43.1 Å². The Kier molecular flexibility index (Phi) is 5.93. The van der Waals surface area contributed by atoms with Crippen LogP contribution in [-0.2, 0) is 4.74 Å². The molecule has 0 aromatic heterocycles. The first-order valence-electron chi connectivity index (χ1n) is 6.67. The van der Waals surface area contributed by atoms with Crippen molar-refractivity contribution in [1.29, 1.82) is 0 Å². The van der Waals surface area contributed by atoms with Crippen LogP contribution < -0.4 is 10.1 Å². The lowest BCUT2D eigenvalue weighted by Crippen LogP contribution is -2.41. The van der Waals surface area contributed by atoms with Crippen molar-refractivity contribution in [3.05, 3.63) is 28.2 Å². The number of halogens is 2. The lowest BCUT2D eigenvalue weighted by Gasteiger charge is -2.19. The molecule has 0 saturated carbocycles. The molecule has 3 atom stereocenters. The molecule has 0 bridgehead atoms. The lowest BCUT2D eigenvalue weighted by atomic mass is 10.1. The molecule has 112 valence electrons. The highest BCUT2D eigenvalue weighted by atomic mass is 35.5. The van der Waals surface area contributed by atoms with Gasteiger partial charge in [-0.15, -0.1) is 0 Å². The topological polar surface area (TPSA) is 50.7 Å². The van der Waals surface area contributed by atoms with Crippen LogP contribution in [0.25, 0.3) is 0 Å². The van der Waals surface area contributed by atoms with Gasteiger partial charge in [0.2, 0.25) is 0 Å². The molecule has 1 heterocycles. The minimum Gasteiger partial charge on any atom is -0.489 e. The van der Waals surface area contributed by atoms with Crippen LogP contribution in [0.2, 0.25) is 10.0 Å². The maximum atomic E-state index is 9.91. The van der Waals surface area contributed by atoms with Crippen molar-refractivity contribution >= 4 is 23.2 Å². The van der Waals surface area contributed by atoms with E-state index in [-0.39, 0.29) is 12.7 Å². The zero-order chi connectivity index (χ0) is 14.5. The Labute approximate surface area is 129 Å². The molecule has 6 heteroatoms. The van der Waals surface area contributed by atoms with Crippen LogP contribution in [0.15, 0.2) is 18.2 Å². The molecule has 1 fully saturated rings. The van der Waals surface area contributed by atoms with E-state index >= 15 is 0 Å². The molecule has 1 aliphatic rings. The Morgan fingerprint density at radius 1 is 1.50 bits per heavy atom. The first-order chi connectivity index (χ1) is 9.56. The molecular formula is C14H19Cl2NO3. The second-order valence-electron chi connectivity index (χ2n) is 4.92. The zero-order valence-electron chi connectivity index (χ0n) is 11.3. The van der Waals surface area contributed by atoms with Crippen molar-refractivity contribution < 1.29 is 14.6 Å². The monoisotopic (exact) mass is 319 g/mol. The summed E-state index contributed by atoms with van der Waals surface area (Å²) >= 11 is 11.8. The molecule has 2 rings (SSSR count). The molecule has 0 amide bonds. The highest BCUT2D eigenvalue weighted by molar-refractivity contribution is 6.35. The van der Waals surface area contributed by atoms with Gasteiger partial charge < -0.3 is 19.9 Å². The molecule has 0 radical (unpaired) electrons. The predicted molar refractivity (Wildman–Crippen MR) is 79.8 cm³/mol. The summed E-state index contributed by atoms with van der Waals surface area (Å²) in [5, 5.41) is 14.2. The number of rotatable bonds is 6. The Morgan fingerprint density at radius 2 is 2.30 bits per heavy atom. The predicted octanol–water partition coefficient (Wildman–Crippen LogP) is 2.50. The minimum absolute atomic E-state index is 0.177. The highest BCUT2D eigenvalue weighted by Gasteiger charge is 2.24. The zero-order valence-corrected chi connectivity index (χ0v) is 12.8. The van der Waals surface area contributed by atoms with E-state index in [4.69, 9.17) is 32.7 Å². The van der Waals surface area contributed by atoms with Gasteiger partial charge in [-0.2, -0.15) is 0 Å². The van der Waals surface area contributed by atoms with Gasteiger partial charge in [0.25, 0.3) is 0 Å². The van der Waals surface area contributed by atoms with E-state index in [1.54, 1.807) is 18.2 Å². The first kappa shape index (κ1) is 15.9. The number of hydrogen-bond acceptors (Lipinski definition) is 4. The number of aliphatic hydroxyl groups excluding tert-OH is 1. The van der Waals surface area contributed by atoms with E-state index in [9.17, 15) is 5.11 Å². The van der Waals surface area contributed by atoms with Gasteiger partial charge in [0.1, 0.15) is 18.5 Å². The van der Waals surface area contributed by atoms with Gasteiger partial charge in [0.15, 0.2) is 0 Å². The van der Waals surface area contributed by atoms with E-state index in [0.29, 0.717) is 28.4 Å². The summed E-state index contributed by atoms with van der Waals surface area (Å²) in [6.45, 7) is 3.44. The molecule has 20 heavy (non-hydrogen) atoms. The molecule has 0 aliphatic carbocycles. The largest absolute Gasteiger partial charge is 0.489 e. The van der Waals surface area contributed by atoms with Crippen LogP contribution in [0, 0.1) is 0 Å². The average molecular weight is 320 g/mol. The number of aliphatic hydroxyl groups is 1. The molecule has 1 saturated heterocycles. The summed E-state index contributed by atoms with van der Waals surface area (Å²) in [6.07, 6.45) is 0.556. The highest BCUT2D eigenvalue weighted by Crippen LogP contribution is 2.27. The Hall–Kier alpha value is -0.520. The summed E-state index contributed by atoms with van der Waals surface area (Å²) in [5.74, 6) is 0.521. The lowest BCUT2D eigenvalue weighted by molar-refractivity contribution is 0.0897. The van der Waals surface area contributed by atoms with Gasteiger partial charge in [-0.05, 0) is 31.5 Å². The van der Waals surface area contributed by atoms with Crippen LogP contribution in [0.5, 0.6) is 5.75 Å². The summed E-state index contributed by atoms with van der Waals surface area (Å²) in [6, 6.07) is 5.30. The van der Waals surface area contributed by atoms with Crippen LogP contribution in [0.1, 0.15) is 13.3 Å². The number of hydrogen-bond donors (Lipinski definition) is 2. The average Bonchev–Trinajstić information content (AvgIpc) is 2.81. The maximum Gasteiger partial charge on any atom is 0.138 e. The van der Waals surface area contributed by atoms with Gasteiger partial charge in [0.05, 0.1) is 11.1 Å². The van der Waals surface area contributed by atoms with Gasteiger partial charge in [-0.1, -0.05) is 23.2 Å². The van der Waals surface area contributed by atoms with Crippen LogP contribution in [0.3, 0.4) is 0 Å². The van der Waals surface area contributed by atoms with Crippen molar-refractivity contribution in [3.63, 3.8) is 0 Å². The van der Waals surface area contributed by atoms with E-state index in [0.717, 1.165) is 13.0 Å². The van der Waals surface area contributed by atoms with Gasteiger partial charge >= 0.3 is 0 Å². The third kappa shape index (κ3) is 4.50. The second-order valence-corrected chi connectivity index (χ2v) is 5.76. The van der Waals surface area contributed by atoms with Gasteiger partial charge in [0, 0.05) is 24.2 Å². The fraction of sp³-hybridized carbons (Fsp3) is 0.571. The third-order valence-corrected chi connectivity index (χ3v) is 3.85. The smallest absolute Gasteiger partial charge is 0.138 e. The van der Waals surface area contributed by atoms with E-state index in [1.807, 2.05) is 6.92 Å². The molecule has 0 spiro atoms. The summed E-state index contributed by atoms with van der Waals surface area (Å²) in [4.78, 5) is 0. The van der Waals surface area contributed by atoms with Crippen molar-refractivity contribution in [2.24, 2.45) is 0 Å².